The van der Waals surface area contributed by atoms with Gasteiger partial charge in [-0.05, 0) is 35.9 Å². The van der Waals surface area contributed by atoms with Crippen LogP contribution in [0.4, 0.5) is 10.1 Å². The van der Waals surface area contributed by atoms with Crippen molar-refractivity contribution >= 4 is 5.69 Å². The van der Waals surface area contributed by atoms with Crippen molar-refractivity contribution in [2.24, 2.45) is 0 Å². The zero-order chi connectivity index (χ0) is 14.5. The molecule has 0 aliphatic heterocycles. The predicted octanol–water partition coefficient (Wildman–Crippen LogP) is 3.34. The minimum absolute atomic E-state index is 0.332. The highest BCUT2D eigenvalue weighted by atomic mass is 19.1. The largest absolute Gasteiger partial charge is 0.497 e. The summed E-state index contributed by atoms with van der Waals surface area (Å²) in [5.41, 5.74) is 2.05. The van der Waals surface area contributed by atoms with E-state index in [1.54, 1.807) is 13.2 Å². The number of methoxy groups -OCH3 is 1. The summed E-state index contributed by atoms with van der Waals surface area (Å²) in [4.78, 5) is 1.97. The Balaban J connectivity index is 2.21. The van der Waals surface area contributed by atoms with E-state index in [1.165, 1.54) is 12.1 Å². The summed E-state index contributed by atoms with van der Waals surface area (Å²) in [6.45, 7) is 0.513. The lowest BCUT2D eigenvalue weighted by molar-refractivity contribution is 0.415. The van der Waals surface area contributed by atoms with E-state index in [-0.39, 0.29) is 0 Å². The number of nitriles is 1. The van der Waals surface area contributed by atoms with Crippen LogP contribution in [0.25, 0.3) is 0 Å². The molecule has 0 aromatic heterocycles. The first kappa shape index (κ1) is 13.9. The lowest BCUT2D eigenvalue weighted by Gasteiger charge is -2.20. The number of hydrogen-bond acceptors (Lipinski definition) is 3. The maximum Gasteiger partial charge on any atom is 0.124 e. The van der Waals surface area contributed by atoms with Crippen LogP contribution in [-0.4, -0.2) is 14.2 Å². The van der Waals surface area contributed by atoms with Crippen LogP contribution in [0, 0.1) is 17.1 Å². The highest BCUT2D eigenvalue weighted by Gasteiger charge is 2.06. The fraction of sp³-hybridized carbons (Fsp3) is 0.188. The van der Waals surface area contributed by atoms with Gasteiger partial charge in [0.2, 0.25) is 0 Å². The van der Waals surface area contributed by atoms with E-state index in [4.69, 9.17) is 10.00 Å². The van der Waals surface area contributed by atoms with Crippen molar-refractivity contribution < 1.29 is 9.13 Å². The smallest absolute Gasteiger partial charge is 0.124 e. The van der Waals surface area contributed by atoms with Crippen molar-refractivity contribution in [2.45, 2.75) is 6.54 Å². The van der Waals surface area contributed by atoms with E-state index in [0.717, 1.165) is 17.0 Å². The second-order valence-electron chi connectivity index (χ2n) is 4.52. The maximum absolute atomic E-state index is 13.4. The first-order valence-corrected chi connectivity index (χ1v) is 6.17. The number of ether oxygens (including phenoxy) is 1. The molecule has 2 aromatic carbocycles. The molecule has 0 fully saturated rings. The van der Waals surface area contributed by atoms with Gasteiger partial charge in [0.25, 0.3) is 0 Å². The van der Waals surface area contributed by atoms with Gasteiger partial charge in [0.15, 0.2) is 0 Å². The Morgan fingerprint density at radius 1 is 1.25 bits per heavy atom. The highest BCUT2D eigenvalue weighted by Crippen LogP contribution is 2.21. The Bertz CT molecular complexity index is 649. The Labute approximate surface area is 117 Å². The summed E-state index contributed by atoms with van der Waals surface area (Å²) in [5, 5.41) is 8.86. The van der Waals surface area contributed by atoms with E-state index in [2.05, 4.69) is 0 Å². The SMILES string of the molecule is COc1cccc(N(C)Cc2cc(F)cc(C#N)c2)c1. The van der Waals surface area contributed by atoms with Gasteiger partial charge in [-0.25, -0.2) is 4.39 Å². The Hall–Kier alpha value is -2.54. The van der Waals surface area contributed by atoms with Gasteiger partial charge in [0, 0.05) is 25.3 Å². The van der Waals surface area contributed by atoms with Crippen molar-refractivity contribution in [1.29, 1.82) is 5.26 Å². The zero-order valence-corrected chi connectivity index (χ0v) is 11.4. The van der Waals surface area contributed by atoms with E-state index in [9.17, 15) is 4.39 Å². The third-order valence-corrected chi connectivity index (χ3v) is 3.00. The van der Waals surface area contributed by atoms with E-state index >= 15 is 0 Å². The molecule has 0 N–H and O–H groups in total. The molecule has 4 heteroatoms. The zero-order valence-electron chi connectivity index (χ0n) is 11.4. The van der Waals surface area contributed by atoms with Gasteiger partial charge < -0.3 is 9.64 Å². The molecule has 0 radical (unpaired) electrons. The van der Waals surface area contributed by atoms with Crippen LogP contribution in [0.2, 0.25) is 0 Å². The molecule has 0 amide bonds. The van der Waals surface area contributed by atoms with Crippen LogP contribution < -0.4 is 9.64 Å². The van der Waals surface area contributed by atoms with Gasteiger partial charge in [-0.2, -0.15) is 5.26 Å². The third kappa shape index (κ3) is 3.27. The molecule has 0 bridgehead atoms. The summed E-state index contributed by atoms with van der Waals surface area (Å²) in [6.07, 6.45) is 0. The fourth-order valence-corrected chi connectivity index (χ4v) is 2.02. The molecule has 0 atom stereocenters. The number of halogens is 1. The normalized spacial score (nSPS) is 9.90. The van der Waals surface area contributed by atoms with Crippen molar-refractivity contribution in [3.63, 3.8) is 0 Å². The molecule has 2 rings (SSSR count). The number of hydrogen-bond donors (Lipinski definition) is 0. The van der Waals surface area contributed by atoms with Gasteiger partial charge in [-0.1, -0.05) is 6.07 Å². The second-order valence-corrected chi connectivity index (χ2v) is 4.52. The number of rotatable bonds is 4. The molecule has 3 nitrogen and oxygen atoms in total. The number of nitrogens with zero attached hydrogens (tertiary/aromatic N) is 2. The molecular weight excluding hydrogens is 255 g/mol. The molecule has 0 saturated carbocycles. The van der Waals surface area contributed by atoms with Crippen LogP contribution in [0.5, 0.6) is 5.75 Å². The van der Waals surface area contributed by atoms with Crippen molar-refractivity contribution in [2.75, 3.05) is 19.1 Å². The Morgan fingerprint density at radius 2 is 2.05 bits per heavy atom. The van der Waals surface area contributed by atoms with E-state index in [1.807, 2.05) is 42.3 Å². The van der Waals surface area contributed by atoms with E-state index in [0.29, 0.717) is 12.1 Å². The predicted molar refractivity (Wildman–Crippen MR) is 76.2 cm³/mol. The van der Waals surface area contributed by atoms with E-state index < -0.39 is 5.82 Å². The minimum atomic E-state index is -0.391. The molecule has 0 heterocycles. The monoisotopic (exact) mass is 270 g/mol. The summed E-state index contributed by atoms with van der Waals surface area (Å²) < 4.78 is 18.6. The van der Waals surface area contributed by atoms with Crippen LogP contribution >= 0.6 is 0 Å². The quantitative estimate of drug-likeness (QED) is 0.855. The first-order valence-electron chi connectivity index (χ1n) is 6.17. The average molecular weight is 270 g/mol. The molecule has 0 unspecified atom stereocenters. The Kier molecular flexibility index (Phi) is 4.21. The van der Waals surface area contributed by atoms with Crippen LogP contribution in [0.3, 0.4) is 0 Å². The molecule has 0 spiro atoms. The fourth-order valence-electron chi connectivity index (χ4n) is 2.02. The summed E-state index contributed by atoms with van der Waals surface area (Å²) in [6, 6.07) is 14.0. The molecule has 0 saturated heterocycles. The first-order chi connectivity index (χ1) is 9.62. The molecule has 20 heavy (non-hydrogen) atoms. The second kappa shape index (κ2) is 6.07. The van der Waals surface area contributed by atoms with Gasteiger partial charge in [0.1, 0.15) is 11.6 Å². The third-order valence-electron chi connectivity index (χ3n) is 3.00. The molecule has 0 aliphatic carbocycles. The van der Waals surface area contributed by atoms with Crippen molar-refractivity contribution in [3.05, 3.63) is 59.4 Å². The van der Waals surface area contributed by atoms with Crippen LogP contribution in [-0.2, 0) is 6.54 Å². The van der Waals surface area contributed by atoms with Crippen molar-refractivity contribution in [3.8, 4) is 11.8 Å². The summed E-state index contributed by atoms with van der Waals surface area (Å²) >= 11 is 0. The topological polar surface area (TPSA) is 36.3 Å². The van der Waals surface area contributed by atoms with Gasteiger partial charge in [-0.3, -0.25) is 0 Å². The number of benzene rings is 2. The maximum atomic E-state index is 13.4. The molecule has 0 aliphatic rings. The van der Waals surface area contributed by atoms with Crippen molar-refractivity contribution in [1.82, 2.24) is 0 Å². The van der Waals surface area contributed by atoms with Crippen LogP contribution in [0.15, 0.2) is 42.5 Å². The van der Waals surface area contributed by atoms with Gasteiger partial charge in [-0.15, -0.1) is 0 Å². The summed E-state index contributed by atoms with van der Waals surface area (Å²) in [5.74, 6) is 0.379. The highest BCUT2D eigenvalue weighted by molar-refractivity contribution is 5.50. The van der Waals surface area contributed by atoms with Gasteiger partial charge >= 0.3 is 0 Å². The Morgan fingerprint density at radius 3 is 2.75 bits per heavy atom. The lowest BCUT2D eigenvalue weighted by atomic mass is 10.1. The molecular formula is C16H15FN2O. The molecule has 102 valence electrons. The summed E-state index contributed by atoms with van der Waals surface area (Å²) in [7, 11) is 3.52. The number of anilines is 1. The molecule has 2 aromatic rings. The van der Waals surface area contributed by atoms with Gasteiger partial charge in [0.05, 0.1) is 18.7 Å². The van der Waals surface area contributed by atoms with Crippen LogP contribution in [0.1, 0.15) is 11.1 Å². The standard InChI is InChI=1S/C16H15FN2O/c1-19(15-4-3-5-16(9-15)20-2)11-13-6-12(10-18)7-14(17)8-13/h3-9H,11H2,1-2H3. The lowest BCUT2D eigenvalue weighted by Crippen LogP contribution is -2.16. The minimum Gasteiger partial charge on any atom is -0.497 e. The average Bonchev–Trinajstić information content (AvgIpc) is 2.46.